The lowest BCUT2D eigenvalue weighted by Gasteiger charge is -2.32. The van der Waals surface area contributed by atoms with Crippen LogP contribution in [-0.4, -0.2) is 47.7 Å². The van der Waals surface area contributed by atoms with Crippen molar-refractivity contribution < 1.29 is 19.4 Å². The van der Waals surface area contributed by atoms with E-state index in [4.69, 9.17) is 27.2 Å². The number of ether oxygens (including phenoxy) is 1. The molecule has 6 nitrogen and oxygen atoms in total. The monoisotopic (exact) mass is 298 g/mol. The summed E-state index contributed by atoms with van der Waals surface area (Å²) in [7, 11) is 0. The molecule has 2 rings (SSSR count). The normalized spacial score (nSPS) is 18.9. The maximum atomic E-state index is 12.3. The minimum Gasteiger partial charge on any atom is -0.481 e. The van der Waals surface area contributed by atoms with E-state index in [1.165, 1.54) is 6.07 Å². The fourth-order valence-corrected chi connectivity index (χ4v) is 2.25. The van der Waals surface area contributed by atoms with Gasteiger partial charge in [0.2, 0.25) is 0 Å². The van der Waals surface area contributed by atoms with Crippen LogP contribution in [0.4, 0.5) is 5.69 Å². The van der Waals surface area contributed by atoms with E-state index in [0.29, 0.717) is 29.4 Å². The number of carboxylic acid groups (broad SMARTS) is 1. The fraction of sp³-hybridized carbons (Fsp3) is 0.385. The van der Waals surface area contributed by atoms with Crippen molar-refractivity contribution in [1.82, 2.24) is 4.90 Å². The van der Waals surface area contributed by atoms with Gasteiger partial charge in [-0.25, -0.2) is 0 Å². The van der Waals surface area contributed by atoms with Gasteiger partial charge in [-0.15, -0.1) is 0 Å². The molecule has 1 saturated heterocycles. The Labute approximate surface area is 121 Å². The number of aliphatic carboxylic acids is 1. The molecule has 1 amide bonds. The number of rotatable bonds is 3. The summed E-state index contributed by atoms with van der Waals surface area (Å²) < 4.78 is 5.33. The van der Waals surface area contributed by atoms with Gasteiger partial charge in [-0.2, -0.15) is 0 Å². The summed E-state index contributed by atoms with van der Waals surface area (Å²) in [6, 6.07) is 4.69. The Kier molecular flexibility index (Phi) is 4.46. The molecule has 0 spiro atoms. The fourth-order valence-electron chi connectivity index (χ4n) is 2.06. The summed E-state index contributed by atoms with van der Waals surface area (Å²) in [4.78, 5) is 24.6. The molecule has 1 fully saturated rings. The van der Waals surface area contributed by atoms with Crippen LogP contribution in [0.5, 0.6) is 0 Å². The molecule has 1 aliphatic rings. The third-order valence-electron chi connectivity index (χ3n) is 3.08. The van der Waals surface area contributed by atoms with Gasteiger partial charge < -0.3 is 20.5 Å². The average molecular weight is 299 g/mol. The molecule has 0 bridgehead atoms. The van der Waals surface area contributed by atoms with Gasteiger partial charge in [0, 0.05) is 18.7 Å². The third kappa shape index (κ3) is 3.40. The lowest BCUT2D eigenvalue weighted by molar-refractivity contribution is -0.141. The molecule has 0 aromatic heterocycles. The smallest absolute Gasteiger partial charge is 0.306 e. The third-order valence-corrected chi connectivity index (χ3v) is 3.40. The Bertz CT molecular complexity index is 535. The number of morpholine rings is 1. The van der Waals surface area contributed by atoms with Gasteiger partial charge in [-0.05, 0) is 18.2 Å². The van der Waals surface area contributed by atoms with Crippen molar-refractivity contribution in [1.29, 1.82) is 0 Å². The van der Waals surface area contributed by atoms with E-state index in [1.807, 2.05) is 0 Å². The summed E-state index contributed by atoms with van der Waals surface area (Å²) >= 11 is 5.90. The van der Waals surface area contributed by atoms with Gasteiger partial charge in [0.05, 0.1) is 29.8 Å². The van der Waals surface area contributed by atoms with E-state index in [9.17, 15) is 9.59 Å². The van der Waals surface area contributed by atoms with Crippen LogP contribution in [0.15, 0.2) is 18.2 Å². The molecule has 20 heavy (non-hydrogen) atoms. The number of nitrogens with zero attached hydrogens (tertiary/aromatic N) is 1. The molecule has 1 aliphatic heterocycles. The quantitative estimate of drug-likeness (QED) is 0.819. The van der Waals surface area contributed by atoms with Crippen LogP contribution in [0.1, 0.15) is 16.8 Å². The lowest BCUT2D eigenvalue weighted by atomic mass is 10.1. The molecule has 108 valence electrons. The SMILES string of the molecule is Nc1ccc(C(=O)N2CCOC(CC(=O)O)C2)cc1Cl. The summed E-state index contributed by atoms with van der Waals surface area (Å²) in [5.74, 6) is -1.15. The van der Waals surface area contributed by atoms with Crippen molar-refractivity contribution in [3.05, 3.63) is 28.8 Å². The molecular formula is C13H15ClN2O4. The van der Waals surface area contributed by atoms with E-state index in [2.05, 4.69) is 0 Å². The number of amides is 1. The van der Waals surface area contributed by atoms with Crippen LogP contribution < -0.4 is 5.73 Å². The number of carbonyl (C=O) groups excluding carboxylic acids is 1. The van der Waals surface area contributed by atoms with Crippen molar-refractivity contribution in [2.24, 2.45) is 0 Å². The first-order valence-corrected chi connectivity index (χ1v) is 6.53. The Balaban J connectivity index is 2.08. The van der Waals surface area contributed by atoms with Gasteiger partial charge in [0.15, 0.2) is 0 Å². The zero-order chi connectivity index (χ0) is 14.7. The lowest BCUT2D eigenvalue weighted by Crippen LogP contribution is -2.46. The molecule has 1 aromatic carbocycles. The standard InChI is InChI=1S/C13H15ClN2O4/c14-10-5-8(1-2-11(10)15)13(19)16-3-4-20-9(7-16)6-12(17)18/h1-2,5,9H,3-4,6-7,15H2,(H,17,18). The molecule has 0 aliphatic carbocycles. The number of carboxylic acids is 1. The van der Waals surface area contributed by atoms with Gasteiger partial charge in [0.1, 0.15) is 0 Å². The first-order chi connectivity index (χ1) is 9.47. The Hall–Kier alpha value is -1.79. The number of hydrogen-bond acceptors (Lipinski definition) is 4. The predicted octanol–water partition coefficient (Wildman–Crippen LogP) is 1.24. The highest BCUT2D eigenvalue weighted by molar-refractivity contribution is 6.33. The summed E-state index contributed by atoms with van der Waals surface area (Å²) in [5, 5.41) is 9.08. The molecular weight excluding hydrogens is 284 g/mol. The minimum absolute atomic E-state index is 0.119. The van der Waals surface area contributed by atoms with Crippen LogP contribution in [0.3, 0.4) is 0 Å². The molecule has 3 N–H and O–H groups in total. The number of carbonyl (C=O) groups is 2. The summed E-state index contributed by atoms with van der Waals surface area (Å²) in [5.41, 5.74) is 6.44. The van der Waals surface area contributed by atoms with Gasteiger partial charge in [-0.1, -0.05) is 11.6 Å². The second-order valence-corrected chi connectivity index (χ2v) is 4.99. The number of anilines is 1. The van der Waals surface area contributed by atoms with Gasteiger partial charge in [-0.3, -0.25) is 9.59 Å². The molecule has 1 atom stereocenters. The largest absolute Gasteiger partial charge is 0.481 e. The zero-order valence-corrected chi connectivity index (χ0v) is 11.5. The molecule has 7 heteroatoms. The second-order valence-electron chi connectivity index (χ2n) is 4.58. The highest BCUT2D eigenvalue weighted by Gasteiger charge is 2.26. The zero-order valence-electron chi connectivity index (χ0n) is 10.7. The average Bonchev–Trinajstić information content (AvgIpc) is 2.40. The number of benzene rings is 1. The van der Waals surface area contributed by atoms with Crippen LogP contribution in [0.25, 0.3) is 0 Å². The summed E-state index contributed by atoms with van der Waals surface area (Å²) in [6.07, 6.45) is -0.596. The molecule has 1 aromatic rings. The van der Waals surface area contributed by atoms with Crippen LogP contribution >= 0.6 is 11.6 Å². The van der Waals surface area contributed by atoms with Crippen molar-refractivity contribution >= 4 is 29.2 Å². The Morgan fingerprint density at radius 3 is 2.90 bits per heavy atom. The molecule has 1 unspecified atom stereocenters. The Morgan fingerprint density at radius 2 is 2.25 bits per heavy atom. The van der Waals surface area contributed by atoms with Gasteiger partial charge >= 0.3 is 5.97 Å². The molecule has 1 heterocycles. The van der Waals surface area contributed by atoms with Crippen LogP contribution in [0, 0.1) is 0 Å². The maximum absolute atomic E-state index is 12.3. The number of halogens is 1. The van der Waals surface area contributed by atoms with E-state index < -0.39 is 12.1 Å². The van der Waals surface area contributed by atoms with E-state index in [0.717, 1.165) is 0 Å². The number of nitrogens with two attached hydrogens (primary N) is 1. The second kappa shape index (κ2) is 6.11. The van der Waals surface area contributed by atoms with E-state index >= 15 is 0 Å². The first kappa shape index (κ1) is 14.6. The van der Waals surface area contributed by atoms with E-state index in [1.54, 1.807) is 17.0 Å². The van der Waals surface area contributed by atoms with Crippen molar-refractivity contribution in [3.63, 3.8) is 0 Å². The summed E-state index contributed by atoms with van der Waals surface area (Å²) in [6.45, 7) is 1.01. The number of hydrogen-bond donors (Lipinski definition) is 2. The van der Waals surface area contributed by atoms with Crippen LogP contribution in [0.2, 0.25) is 5.02 Å². The number of nitrogen functional groups attached to an aromatic ring is 1. The highest BCUT2D eigenvalue weighted by atomic mass is 35.5. The van der Waals surface area contributed by atoms with Crippen LogP contribution in [-0.2, 0) is 9.53 Å². The van der Waals surface area contributed by atoms with Crippen molar-refractivity contribution in [2.75, 3.05) is 25.4 Å². The van der Waals surface area contributed by atoms with Crippen molar-refractivity contribution in [3.8, 4) is 0 Å². The maximum Gasteiger partial charge on any atom is 0.306 e. The predicted molar refractivity (Wildman–Crippen MR) is 73.8 cm³/mol. The van der Waals surface area contributed by atoms with Crippen molar-refractivity contribution in [2.45, 2.75) is 12.5 Å². The molecule has 0 saturated carbocycles. The highest BCUT2D eigenvalue weighted by Crippen LogP contribution is 2.21. The van der Waals surface area contributed by atoms with Gasteiger partial charge in [0.25, 0.3) is 5.91 Å². The van der Waals surface area contributed by atoms with E-state index in [-0.39, 0.29) is 18.9 Å². The Morgan fingerprint density at radius 1 is 1.50 bits per heavy atom. The topological polar surface area (TPSA) is 92.9 Å². The minimum atomic E-state index is -0.945. The first-order valence-electron chi connectivity index (χ1n) is 6.15. The molecule has 0 radical (unpaired) electrons.